The molecule has 18 heavy (non-hydrogen) atoms. The number of rotatable bonds is 4. The van der Waals surface area contributed by atoms with Crippen LogP contribution in [0.25, 0.3) is 0 Å². The van der Waals surface area contributed by atoms with Crippen molar-refractivity contribution in [2.75, 3.05) is 12.4 Å². The summed E-state index contributed by atoms with van der Waals surface area (Å²) in [4.78, 5) is 3.98. The smallest absolute Gasteiger partial charge is 0.166 e. The Hall–Kier alpha value is -1.46. The van der Waals surface area contributed by atoms with Gasteiger partial charge >= 0.3 is 0 Å². The van der Waals surface area contributed by atoms with E-state index < -0.39 is 5.82 Å². The lowest BCUT2D eigenvalue weighted by Gasteiger charge is -2.08. The average molecular weight is 311 g/mol. The number of aromatic nitrogens is 1. The standard InChI is InChI=1S/C13H12BrFN2O/c1-18-8-9-3-2-4-11(5-9)17-13-12(15)6-10(14)7-16-13/h2-7H,8H2,1H3,(H,16,17). The van der Waals surface area contributed by atoms with Crippen LogP contribution < -0.4 is 5.32 Å². The maximum absolute atomic E-state index is 13.6. The van der Waals surface area contributed by atoms with Crippen molar-refractivity contribution < 1.29 is 9.13 Å². The van der Waals surface area contributed by atoms with Gasteiger partial charge in [-0.2, -0.15) is 0 Å². The number of halogens is 2. The van der Waals surface area contributed by atoms with E-state index in [-0.39, 0.29) is 5.82 Å². The molecule has 1 aromatic carbocycles. The minimum atomic E-state index is -0.401. The highest BCUT2D eigenvalue weighted by Crippen LogP contribution is 2.21. The van der Waals surface area contributed by atoms with Gasteiger partial charge in [0.15, 0.2) is 11.6 Å². The Morgan fingerprint density at radius 3 is 2.94 bits per heavy atom. The molecular formula is C13H12BrFN2O. The first-order chi connectivity index (χ1) is 8.69. The number of nitrogens with zero attached hydrogens (tertiary/aromatic N) is 1. The lowest BCUT2D eigenvalue weighted by atomic mass is 10.2. The summed E-state index contributed by atoms with van der Waals surface area (Å²) in [6, 6.07) is 8.94. The van der Waals surface area contributed by atoms with Crippen molar-refractivity contribution in [1.29, 1.82) is 0 Å². The molecule has 0 amide bonds. The van der Waals surface area contributed by atoms with Gasteiger partial charge in [-0.3, -0.25) is 0 Å². The quantitative estimate of drug-likeness (QED) is 0.930. The molecule has 0 saturated carbocycles. The highest BCUT2D eigenvalue weighted by atomic mass is 79.9. The van der Waals surface area contributed by atoms with Crippen molar-refractivity contribution in [3.05, 3.63) is 52.4 Å². The van der Waals surface area contributed by atoms with E-state index in [4.69, 9.17) is 4.74 Å². The summed E-state index contributed by atoms with van der Waals surface area (Å²) < 4.78 is 19.3. The Bertz CT molecular complexity index is 548. The maximum atomic E-state index is 13.6. The Labute approximate surface area is 113 Å². The Balaban J connectivity index is 2.20. The summed E-state index contributed by atoms with van der Waals surface area (Å²) in [7, 11) is 1.63. The van der Waals surface area contributed by atoms with Crippen molar-refractivity contribution >= 4 is 27.4 Å². The van der Waals surface area contributed by atoms with Crippen LogP contribution in [0, 0.1) is 5.82 Å². The van der Waals surface area contributed by atoms with Crippen LogP contribution in [0.15, 0.2) is 41.0 Å². The first-order valence-corrected chi connectivity index (χ1v) is 6.14. The van der Waals surface area contributed by atoms with Crippen molar-refractivity contribution in [3.8, 4) is 0 Å². The Morgan fingerprint density at radius 1 is 1.39 bits per heavy atom. The zero-order chi connectivity index (χ0) is 13.0. The molecule has 0 fully saturated rings. The summed E-state index contributed by atoms with van der Waals surface area (Å²) in [5.74, 6) is -0.200. The number of pyridine rings is 1. The zero-order valence-electron chi connectivity index (χ0n) is 9.78. The third kappa shape index (κ3) is 3.27. The lowest BCUT2D eigenvalue weighted by molar-refractivity contribution is 0.185. The molecule has 0 atom stereocenters. The fourth-order valence-corrected chi connectivity index (χ4v) is 1.85. The predicted molar refractivity (Wildman–Crippen MR) is 72.3 cm³/mol. The van der Waals surface area contributed by atoms with Gasteiger partial charge in [0.2, 0.25) is 0 Å². The van der Waals surface area contributed by atoms with Crippen LogP contribution >= 0.6 is 15.9 Å². The van der Waals surface area contributed by atoms with Gasteiger partial charge in [-0.15, -0.1) is 0 Å². The molecule has 0 spiro atoms. The van der Waals surface area contributed by atoms with Gasteiger partial charge in [-0.25, -0.2) is 9.37 Å². The van der Waals surface area contributed by atoms with E-state index in [1.165, 1.54) is 6.07 Å². The van der Waals surface area contributed by atoms with Gasteiger partial charge in [0.1, 0.15) is 0 Å². The van der Waals surface area contributed by atoms with Crippen LogP contribution in [-0.2, 0) is 11.3 Å². The molecule has 2 rings (SSSR count). The van der Waals surface area contributed by atoms with Gasteiger partial charge in [0, 0.05) is 23.5 Å². The van der Waals surface area contributed by atoms with Crippen molar-refractivity contribution in [2.45, 2.75) is 6.61 Å². The Kier molecular flexibility index (Phi) is 4.28. The second kappa shape index (κ2) is 5.93. The predicted octanol–water partition coefficient (Wildman–Crippen LogP) is 3.87. The zero-order valence-corrected chi connectivity index (χ0v) is 11.4. The van der Waals surface area contributed by atoms with Crippen LogP contribution in [0.1, 0.15) is 5.56 Å². The summed E-state index contributed by atoms with van der Waals surface area (Å²) in [6.07, 6.45) is 1.55. The molecule has 3 nitrogen and oxygen atoms in total. The highest BCUT2D eigenvalue weighted by Gasteiger charge is 2.05. The van der Waals surface area contributed by atoms with Crippen LogP contribution in [0.4, 0.5) is 15.9 Å². The van der Waals surface area contributed by atoms with Crippen LogP contribution in [-0.4, -0.2) is 12.1 Å². The molecule has 1 aromatic heterocycles. The molecule has 0 aliphatic carbocycles. The first kappa shape index (κ1) is 13.0. The minimum Gasteiger partial charge on any atom is -0.380 e. The average Bonchev–Trinajstić information content (AvgIpc) is 2.34. The van der Waals surface area contributed by atoms with Gasteiger partial charge in [0.05, 0.1) is 6.61 Å². The van der Waals surface area contributed by atoms with E-state index in [1.807, 2.05) is 24.3 Å². The van der Waals surface area contributed by atoms with Crippen molar-refractivity contribution in [3.63, 3.8) is 0 Å². The fraction of sp³-hybridized carbons (Fsp3) is 0.154. The summed E-state index contributed by atoms with van der Waals surface area (Å²) in [5, 5.41) is 2.94. The summed E-state index contributed by atoms with van der Waals surface area (Å²) in [5.41, 5.74) is 1.79. The van der Waals surface area contributed by atoms with E-state index in [2.05, 4.69) is 26.2 Å². The third-order valence-corrected chi connectivity index (χ3v) is 2.74. The summed E-state index contributed by atoms with van der Waals surface area (Å²) in [6.45, 7) is 0.520. The molecule has 0 aliphatic rings. The van der Waals surface area contributed by atoms with Gasteiger partial charge < -0.3 is 10.1 Å². The molecule has 0 radical (unpaired) electrons. The molecule has 1 heterocycles. The molecule has 5 heteroatoms. The molecular weight excluding hydrogens is 299 g/mol. The maximum Gasteiger partial charge on any atom is 0.166 e. The molecule has 94 valence electrons. The molecule has 0 unspecified atom stereocenters. The van der Waals surface area contributed by atoms with E-state index in [9.17, 15) is 4.39 Å². The molecule has 0 bridgehead atoms. The number of hydrogen-bond acceptors (Lipinski definition) is 3. The topological polar surface area (TPSA) is 34.1 Å². The molecule has 0 saturated heterocycles. The van der Waals surface area contributed by atoms with Gasteiger partial charge in [-0.1, -0.05) is 12.1 Å². The van der Waals surface area contributed by atoms with Crippen LogP contribution in [0.5, 0.6) is 0 Å². The number of anilines is 2. The Morgan fingerprint density at radius 2 is 2.22 bits per heavy atom. The fourth-order valence-electron chi connectivity index (χ4n) is 1.55. The van der Waals surface area contributed by atoms with E-state index in [0.29, 0.717) is 11.1 Å². The monoisotopic (exact) mass is 310 g/mol. The minimum absolute atomic E-state index is 0.202. The lowest BCUT2D eigenvalue weighted by Crippen LogP contribution is -1.98. The summed E-state index contributed by atoms with van der Waals surface area (Å²) >= 11 is 3.17. The number of methoxy groups -OCH3 is 1. The van der Waals surface area contributed by atoms with E-state index >= 15 is 0 Å². The third-order valence-electron chi connectivity index (χ3n) is 2.31. The number of benzene rings is 1. The van der Waals surface area contributed by atoms with Crippen molar-refractivity contribution in [2.24, 2.45) is 0 Å². The van der Waals surface area contributed by atoms with E-state index in [1.54, 1.807) is 13.3 Å². The number of ether oxygens (including phenoxy) is 1. The van der Waals surface area contributed by atoms with Crippen LogP contribution in [0.3, 0.4) is 0 Å². The van der Waals surface area contributed by atoms with Gasteiger partial charge in [-0.05, 0) is 39.7 Å². The van der Waals surface area contributed by atoms with Gasteiger partial charge in [0.25, 0.3) is 0 Å². The van der Waals surface area contributed by atoms with Crippen molar-refractivity contribution in [1.82, 2.24) is 4.98 Å². The largest absolute Gasteiger partial charge is 0.380 e. The SMILES string of the molecule is COCc1cccc(Nc2ncc(Br)cc2F)c1. The molecule has 0 aliphatic heterocycles. The first-order valence-electron chi connectivity index (χ1n) is 5.35. The molecule has 2 aromatic rings. The highest BCUT2D eigenvalue weighted by molar-refractivity contribution is 9.10. The normalized spacial score (nSPS) is 10.4. The van der Waals surface area contributed by atoms with E-state index in [0.717, 1.165) is 11.3 Å². The second-order valence-electron chi connectivity index (χ2n) is 3.74. The number of hydrogen-bond donors (Lipinski definition) is 1. The number of nitrogens with one attached hydrogen (secondary N) is 1. The molecule has 1 N–H and O–H groups in total. The van der Waals surface area contributed by atoms with Crippen LogP contribution in [0.2, 0.25) is 0 Å². The second-order valence-corrected chi connectivity index (χ2v) is 4.66.